The number of hydrogen-bond acceptors (Lipinski definition) is 3. The maximum Gasteiger partial charge on any atom is 0.256 e. The molecular formula is C20H20ClFN2O3S. The maximum absolute atomic E-state index is 14.0. The number of carbonyl (C=O) groups excluding carboxylic acids is 1. The Balaban J connectivity index is 1.47. The highest BCUT2D eigenvalue weighted by molar-refractivity contribution is 7.89. The van der Waals surface area contributed by atoms with E-state index >= 15 is 0 Å². The van der Waals surface area contributed by atoms with Crippen LogP contribution in [0.5, 0.6) is 0 Å². The van der Waals surface area contributed by atoms with Gasteiger partial charge in [0.05, 0.1) is 10.5 Å². The van der Waals surface area contributed by atoms with Gasteiger partial charge in [-0.25, -0.2) is 12.8 Å². The molecule has 0 radical (unpaired) electrons. The van der Waals surface area contributed by atoms with Crippen LogP contribution in [-0.4, -0.2) is 49.7 Å². The average Bonchev–Trinajstić information content (AvgIpc) is 3.15. The fourth-order valence-electron chi connectivity index (χ4n) is 3.82. The van der Waals surface area contributed by atoms with E-state index in [2.05, 4.69) is 0 Å². The zero-order chi connectivity index (χ0) is 19.9. The monoisotopic (exact) mass is 422 g/mol. The standard InChI is InChI=1S/C20H20ClFN2O3S/c21-16-5-7-18(19(22)13-16)20(25)23-8-10-24(11-9-23)28(26,27)17-6-4-14-2-1-3-15(14)12-17/h4-7,12-13H,1-3,8-11H2. The molecule has 1 fully saturated rings. The molecule has 0 unspecified atom stereocenters. The average molecular weight is 423 g/mol. The van der Waals surface area contributed by atoms with Crippen molar-refractivity contribution in [3.05, 3.63) is 63.9 Å². The molecule has 4 rings (SSSR count). The van der Waals surface area contributed by atoms with Gasteiger partial charge in [-0.2, -0.15) is 4.31 Å². The Bertz CT molecular complexity index is 1030. The molecule has 1 aliphatic carbocycles. The van der Waals surface area contributed by atoms with Crippen LogP contribution >= 0.6 is 11.6 Å². The Hall–Kier alpha value is -1.96. The van der Waals surface area contributed by atoms with Gasteiger partial charge in [-0.05, 0) is 60.7 Å². The Morgan fingerprint density at radius 2 is 1.68 bits per heavy atom. The molecule has 1 aliphatic heterocycles. The first-order valence-corrected chi connectivity index (χ1v) is 11.0. The molecule has 0 aromatic heterocycles. The molecule has 1 saturated heterocycles. The number of carbonyl (C=O) groups is 1. The molecule has 2 aliphatic rings. The molecule has 2 aromatic carbocycles. The maximum atomic E-state index is 14.0. The van der Waals surface area contributed by atoms with Gasteiger partial charge >= 0.3 is 0 Å². The second kappa shape index (κ2) is 7.46. The van der Waals surface area contributed by atoms with E-state index in [1.165, 1.54) is 26.9 Å². The molecule has 0 bridgehead atoms. The van der Waals surface area contributed by atoms with Gasteiger partial charge in [0.2, 0.25) is 10.0 Å². The number of nitrogens with zero attached hydrogens (tertiary/aromatic N) is 2. The third kappa shape index (κ3) is 3.54. The van der Waals surface area contributed by atoms with Gasteiger partial charge in [-0.3, -0.25) is 4.79 Å². The van der Waals surface area contributed by atoms with Crippen molar-refractivity contribution >= 4 is 27.5 Å². The van der Waals surface area contributed by atoms with Crippen molar-refractivity contribution in [3.63, 3.8) is 0 Å². The summed E-state index contributed by atoms with van der Waals surface area (Å²) < 4.78 is 41.4. The number of rotatable bonds is 3. The van der Waals surface area contributed by atoms with Crippen LogP contribution in [0.1, 0.15) is 27.9 Å². The molecule has 2 aromatic rings. The second-order valence-electron chi connectivity index (χ2n) is 7.10. The SMILES string of the molecule is O=C(c1ccc(Cl)cc1F)N1CCN(S(=O)(=O)c2ccc3c(c2)CCC3)CC1. The summed E-state index contributed by atoms with van der Waals surface area (Å²) in [5.41, 5.74) is 2.27. The molecular weight excluding hydrogens is 403 g/mol. The van der Waals surface area contributed by atoms with Gasteiger partial charge in [-0.1, -0.05) is 17.7 Å². The zero-order valence-corrected chi connectivity index (χ0v) is 16.8. The largest absolute Gasteiger partial charge is 0.336 e. The van der Waals surface area contributed by atoms with E-state index in [4.69, 9.17) is 11.6 Å². The number of fused-ring (bicyclic) bond motifs is 1. The normalized spacial score (nSPS) is 17.6. The zero-order valence-electron chi connectivity index (χ0n) is 15.2. The minimum atomic E-state index is -3.61. The Morgan fingerprint density at radius 3 is 2.39 bits per heavy atom. The van der Waals surface area contributed by atoms with Gasteiger partial charge in [0.25, 0.3) is 5.91 Å². The Labute approximate surface area is 168 Å². The topological polar surface area (TPSA) is 57.7 Å². The lowest BCUT2D eigenvalue weighted by atomic mass is 10.1. The highest BCUT2D eigenvalue weighted by Crippen LogP contribution is 2.27. The predicted molar refractivity (Wildman–Crippen MR) is 105 cm³/mol. The highest BCUT2D eigenvalue weighted by atomic mass is 35.5. The highest BCUT2D eigenvalue weighted by Gasteiger charge is 2.31. The number of halogens is 2. The molecule has 0 atom stereocenters. The number of hydrogen-bond donors (Lipinski definition) is 0. The molecule has 0 saturated carbocycles. The lowest BCUT2D eigenvalue weighted by Gasteiger charge is -2.34. The van der Waals surface area contributed by atoms with Gasteiger partial charge in [0.15, 0.2) is 0 Å². The third-order valence-electron chi connectivity index (χ3n) is 5.40. The quantitative estimate of drug-likeness (QED) is 0.763. The lowest BCUT2D eigenvalue weighted by Crippen LogP contribution is -2.50. The summed E-state index contributed by atoms with van der Waals surface area (Å²) in [6, 6.07) is 9.26. The van der Waals surface area contributed by atoms with Crippen molar-refractivity contribution in [1.82, 2.24) is 9.21 Å². The summed E-state index contributed by atoms with van der Waals surface area (Å²) in [7, 11) is -3.61. The number of aryl methyl sites for hydroxylation is 2. The molecule has 8 heteroatoms. The molecule has 5 nitrogen and oxygen atoms in total. The van der Waals surface area contributed by atoms with Gasteiger partial charge in [-0.15, -0.1) is 0 Å². The molecule has 148 valence electrons. The summed E-state index contributed by atoms with van der Waals surface area (Å²) in [4.78, 5) is 14.3. The van der Waals surface area contributed by atoms with Crippen LogP contribution in [-0.2, 0) is 22.9 Å². The van der Waals surface area contributed by atoms with E-state index in [0.717, 1.165) is 30.9 Å². The van der Waals surface area contributed by atoms with E-state index in [0.29, 0.717) is 4.90 Å². The lowest BCUT2D eigenvalue weighted by molar-refractivity contribution is 0.0693. The third-order valence-corrected chi connectivity index (χ3v) is 7.52. The van der Waals surface area contributed by atoms with Crippen molar-refractivity contribution in [2.75, 3.05) is 26.2 Å². The first kappa shape index (κ1) is 19.4. The number of sulfonamides is 1. The number of piperazine rings is 1. The van der Waals surface area contributed by atoms with Crippen LogP contribution < -0.4 is 0 Å². The summed E-state index contributed by atoms with van der Waals surface area (Å²) in [5, 5.41) is 0.222. The van der Waals surface area contributed by atoms with Gasteiger partial charge in [0, 0.05) is 31.2 Å². The van der Waals surface area contributed by atoms with E-state index < -0.39 is 21.7 Å². The van der Waals surface area contributed by atoms with Gasteiger partial charge in [0.1, 0.15) is 5.82 Å². The van der Waals surface area contributed by atoms with Crippen molar-refractivity contribution in [2.24, 2.45) is 0 Å². The van der Waals surface area contributed by atoms with E-state index in [1.807, 2.05) is 6.07 Å². The van der Waals surface area contributed by atoms with Crippen LogP contribution in [0, 0.1) is 5.82 Å². The van der Waals surface area contributed by atoms with E-state index in [1.54, 1.807) is 12.1 Å². The van der Waals surface area contributed by atoms with Crippen molar-refractivity contribution in [3.8, 4) is 0 Å². The first-order valence-electron chi connectivity index (χ1n) is 9.22. The van der Waals surface area contributed by atoms with E-state index in [-0.39, 0.29) is 36.8 Å². The van der Waals surface area contributed by atoms with Crippen molar-refractivity contribution in [1.29, 1.82) is 0 Å². The van der Waals surface area contributed by atoms with Crippen LogP contribution in [0.4, 0.5) is 4.39 Å². The fraction of sp³-hybridized carbons (Fsp3) is 0.350. The Kier molecular flexibility index (Phi) is 5.16. The van der Waals surface area contributed by atoms with Crippen molar-refractivity contribution in [2.45, 2.75) is 24.2 Å². The smallest absolute Gasteiger partial charge is 0.256 e. The number of benzene rings is 2. The fourth-order valence-corrected chi connectivity index (χ4v) is 5.45. The van der Waals surface area contributed by atoms with Gasteiger partial charge < -0.3 is 4.90 Å². The minimum absolute atomic E-state index is 0.0562. The van der Waals surface area contributed by atoms with Crippen LogP contribution in [0.2, 0.25) is 5.02 Å². The summed E-state index contributed by atoms with van der Waals surface area (Å²) in [6.45, 7) is 0.789. The first-order chi connectivity index (χ1) is 13.4. The van der Waals surface area contributed by atoms with Crippen LogP contribution in [0.3, 0.4) is 0 Å². The van der Waals surface area contributed by atoms with Crippen LogP contribution in [0.25, 0.3) is 0 Å². The predicted octanol–water partition coefficient (Wildman–Crippen LogP) is 3.11. The molecule has 0 N–H and O–H groups in total. The van der Waals surface area contributed by atoms with Crippen LogP contribution in [0.15, 0.2) is 41.3 Å². The molecule has 1 heterocycles. The molecule has 28 heavy (non-hydrogen) atoms. The van der Waals surface area contributed by atoms with E-state index in [9.17, 15) is 17.6 Å². The summed E-state index contributed by atoms with van der Waals surface area (Å²) >= 11 is 5.73. The molecule has 0 spiro atoms. The summed E-state index contributed by atoms with van der Waals surface area (Å²) in [5.74, 6) is -1.13. The number of amides is 1. The second-order valence-corrected chi connectivity index (χ2v) is 9.48. The summed E-state index contributed by atoms with van der Waals surface area (Å²) in [6.07, 6.45) is 2.96. The van der Waals surface area contributed by atoms with Crippen molar-refractivity contribution < 1.29 is 17.6 Å². The molecule has 1 amide bonds. The minimum Gasteiger partial charge on any atom is -0.336 e. The Morgan fingerprint density at radius 1 is 0.964 bits per heavy atom.